The summed E-state index contributed by atoms with van der Waals surface area (Å²) in [6.45, 7) is 5.31. The molecular formula is C43H38ClN5O2. The maximum Gasteiger partial charge on any atom is 0.262 e. The first-order valence-electron chi connectivity index (χ1n) is 17.6. The van der Waals surface area contributed by atoms with Gasteiger partial charge in [-0.05, 0) is 86.8 Å². The molecule has 0 atom stereocenters. The molecule has 0 spiro atoms. The fraction of sp³-hybridized carbons (Fsp3) is 0.209. The van der Waals surface area contributed by atoms with Crippen LogP contribution in [0.3, 0.4) is 0 Å². The normalized spacial score (nSPS) is 12.3. The highest BCUT2D eigenvalue weighted by Crippen LogP contribution is 2.36. The molecule has 0 unspecified atom stereocenters. The van der Waals surface area contributed by atoms with Gasteiger partial charge in [-0.25, -0.2) is 4.98 Å². The monoisotopic (exact) mass is 691 g/mol. The van der Waals surface area contributed by atoms with Gasteiger partial charge in [0.25, 0.3) is 5.91 Å². The van der Waals surface area contributed by atoms with E-state index in [1.165, 1.54) is 10.8 Å². The summed E-state index contributed by atoms with van der Waals surface area (Å²) in [6.07, 6.45) is 4.15. The molecular weight excluding hydrogens is 654 g/mol. The zero-order valence-corrected chi connectivity index (χ0v) is 29.5. The van der Waals surface area contributed by atoms with Gasteiger partial charge in [-0.3, -0.25) is 19.1 Å². The minimum Gasteiger partial charge on any atom is -0.356 e. The predicted octanol–water partition coefficient (Wildman–Crippen LogP) is 9.19. The molecule has 0 bridgehead atoms. The highest BCUT2D eigenvalue weighted by molar-refractivity contribution is 6.30. The Labute approximate surface area is 300 Å². The Kier molecular flexibility index (Phi) is 8.74. The van der Waals surface area contributed by atoms with Gasteiger partial charge in [0, 0.05) is 56.3 Å². The number of unbranched alkanes of at least 4 members (excludes halogenated alkanes) is 3. The minimum absolute atomic E-state index is 0.0392. The van der Waals surface area contributed by atoms with E-state index in [-0.39, 0.29) is 18.2 Å². The second kappa shape index (κ2) is 13.6. The van der Waals surface area contributed by atoms with Crippen molar-refractivity contribution in [1.82, 2.24) is 19.9 Å². The van der Waals surface area contributed by atoms with Gasteiger partial charge in [0.2, 0.25) is 5.91 Å². The summed E-state index contributed by atoms with van der Waals surface area (Å²) in [5.74, 6) is -0.178. The lowest BCUT2D eigenvalue weighted by molar-refractivity contribution is -0.120. The first kappa shape index (κ1) is 32.7. The zero-order chi connectivity index (χ0) is 35.1. The average molecular weight is 692 g/mol. The summed E-state index contributed by atoms with van der Waals surface area (Å²) in [7, 11) is 0. The van der Waals surface area contributed by atoms with E-state index in [0.29, 0.717) is 17.1 Å². The van der Waals surface area contributed by atoms with E-state index in [4.69, 9.17) is 21.6 Å². The van der Waals surface area contributed by atoms with Crippen molar-refractivity contribution in [2.45, 2.75) is 46.0 Å². The van der Waals surface area contributed by atoms with E-state index in [2.05, 4.69) is 52.8 Å². The summed E-state index contributed by atoms with van der Waals surface area (Å²) in [5.41, 5.74) is 8.15. The van der Waals surface area contributed by atoms with Crippen LogP contribution in [0.4, 0.5) is 0 Å². The molecule has 8 rings (SSSR count). The number of rotatable bonds is 10. The zero-order valence-electron chi connectivity index (χ0n) is 28.7. The number of aryl methyl sites for hydroxylation is 1. The van der Waals surface area contributed by atoms with Gasteiger partial charge in [-0.2, -0.15) is 0 Å². The fourth-order valence-corrected chi connectivity index (χ4v) is 7.54. The maximum absolute atomic E-state index is 13.6. The minimum atomic E-state index is -0.139. The van der Waals surface area contributed by atoms with Crippen LogP contribution in [-0.2, 0) is 11.2 Å². The van der Waals surface area contributed by atoms with Gasteiger partial charge in [0.05, 0.1) is 39.4 Å². The molecule has 254 valence electrons. The molecule has 2 aromatic heterocycles. The quantitative estimate of drug-likeness (QED) is 0.140. The molecule has 0 saturated heterocycles. The number of fused-ring (bicyclic) bond motifs is 5. The Hall–Kier alpha value is -5.53. The number of nitrogens with one attached hydrogen (secondary N) is 2. The molecule has 0 aliphatic rings. The van der Waals surface area contributed by atoms with Crippen molar-refractivity contribution in [3.63, 3.8) is 0 Å². The summed E-state index contributed by atoms with van der Waals surface area (Å²) >= 11 is 6.06. The largest absolute Gasteiger partial charge is 0.356 e. The van der Waals surface area contributed by atoms with E-state index >= 15 is 0 Å². The van der Waals surface area contributed by atoms with E-state index < -0.39 is 0 Å². The van der Waals surface area contributed by atoms with Gasteiger partial charge in [0.1, 0.15) is 0 Å². The molecule has 6 aromatic carbocycles. The summed E-state index contributed by atoms with van der Waals surface area (Å²) in [5, 5.41) is 10.3. The van der Waals surface area contributed by atoms with Crippen LogP contribution in [0.15, 0.2) is 102 Å². The number of amides is 1. The van der Waals surface area contributed by atoms with Crippen LogP contribution in [0, 0.1) is 13.8 Å². The van der Waals surface area contributed by atoms with Gasteiger partial charge in [0.15, 0.2) is 0 Å². The molecule has 2 N–H and O–H groups in total. The Bertz CT molecular complexity index is 2620. The third-order valence-corrected chi connectivity index (χ3v) is 10.2. The number of nitrogens with zero attached hydrogens (tertiary/aromatic N) is 3. The van der Waals surface area contributed by atoms with Crippen molar-refractivity contribution in [2.24, 2.45) is 4.99 Å². The Balaban J connectivity index is 0.877. The Morgan fingerprint density at radius 2 is 1.63 bits per heavy atom. The average Bonchev–Trinajstić information content (AvgIpc) is 3.59. The number of carbonyl (C=O) groups excluding carboxylic acids is 2. The molecule has 7 nitrogen and oxygen atoms in total. The number of hydrogen-bond acceptors (Lipinski definition) is 4. The van der Waals surface area contributed by atoms with Gasteiger partial charge < -0.3 is 10.3 Å². The SMILES string of the molecule is Cc1ccc2c(c1)c(CC(=O)NCCCCCCN=c1ccc3c4[nH]c5ccccc5nc4c4cccc1c43)c(C)n2C(=O)c1ccc(Cl)cc1. The number of H-pyrrole nitrogens is 1. The number of aromatic amines is 1. The lowest BCUT2D eigenvalue weighted by atomic mass is 10.1. The van der Waals surface area contributed by atoms with E-state index in [0.717, 1.165) is 98.1 Å². The molecule has 8 aromatic rings. The lowest BCUT2D eigenvalue weighted by Gasteiger charge is -2.08. The molecule has 0 radical (unpaired) electrons. The van der Waals surface area contributed by atoms with E-state index in [1.54, 1.807) is 28.8 Å². The molecule has 51 heavy (non-hydrogen) atoms. The van der Waals surface area contributed by atoms with Crippen molar-refractivity contribution < 1.29 is 9.59 Å². The van der Waals surface area contributed by atoms with Gasteiger partial charge in [-0.15, -0.1) is 0 Å². The second-order valence-electron chi connectivity index (χ2n) is 13.4. The number of benzene rings is 5. The van der Waals surface area contributed by atoms with Gasteiger partial charge in [-0.1, -0.05) is 72.5 Å². The van der Waals surface area contributed by atoms with Gasteiger partial charge >= 0.3 is 0 Å². The standard InChI is InChI=1S/C43H38ClN5O2/c1-26-14-21-38-34(24-26)33(27(2)49(38)43(51)28-15-17-29(44)18-16-28)25-39(50)46-23-8-4-3-7-22-45-35-20-19-32-40-30(35)10-9-11-31(40)41-42(32)48-37-13-6-5-12-36(37)47-41/h5-6,9-21,24,48H,3-4,7-8,22-23,25H2,1-2H3,(H,46,50). The van der Waals surface area contributed by atoms with Crippen molar-refractivity contribution in [3.8, 4) is 0 Å². The molecule has 0 fully saturated rings. The third kappa shape index (κ3) is 6.12. The molecule has 0 aliphatic heterocycles. The first-order chi connectivity index (χ1) is 24.9. The predicted molar refractivity (Wildman–Crippen MR) is 208 cm³/mol. The van der Waals surface area contributed by atoms with Crippen LogP contribution in [0.1, 0.15) is 52.9 Å². The van der Waals surface area contributed by atoms with Crippen LogP contribution in [0.25, 0.3) is 54.5 Å². The lowest BCUT2D eigenvalue weighted by Crippen LogP contribution is -2.26. The Morgan fingerprint density at radius 3 is 2.49 bits per heavy atom. The number of halogens is 1. The van der Waals surface area contributed by atoms with E-state index in [9.17, 15) is 9.59 Å². The molecule has 8 heteroatoms. The third-order valence-electron chi connectivity index (χ3n) is 9.99. The fourth-order valence-electron chi connectivity index (χ4n) is 7.42. The second-order valence-corrected chi connectivity index (χ2v) is 13.8. The summed E-state index contributed by atoms with van der Waals surface area (Å²) < 4.78 is 1.71. The highest BCUT2D eigenvalue weighted by atomic mass is 35.5. The molecule has 0 aliphatic carbocycles. The van der Waals surface area contributed by atoms with Crippen molar-refractivity contribution >= 4 is 77.9 Å². The molecule has 1 amide bonds. The number of carbonyl (C=O) groups is 2. The Morgan fingerprint density at radius 1 is 0.824 bits per heavy atom. The van der Waals surface area contributed by atoms with Crippen molar-refractivity contribution in [2.75, 3.05) is 13.1 Å². The van der Waals surface area contributed by atoms with Crippen LogP contribution >= 0.6 is 11.6 Å². The summed E-state index contributed by atoms with van der Waals surface area (Å²) in [6, 6.07) is 31.8. The highest BCUT2D eigenvalue weighted by Gasteiger charge is 2.22. The van der Waals surface area contributed by atoms with Crippen LogP contribution in [0.5, 0.6) is 0 Å². The maximum atomic E-state index is 13.6. The van der Waals surface area contributed by atoms with Crippen molar-refractivity contribution in [1.29, 1.82) is 0 Å². The smallest absolute Gasteiger partial charge is 0.262 e. The molecule has 0 saturated carbocycles. The summed E-state index contributed by atoms with van der Waals surface area (Å²) in [4.78, 5) is 40.3. The molecule has 2 heterocycles. The first-order valence-corrected chi connectivity index (χ1v) is 18.0. The number of hydrogen-bond donors (Lipinski definition) is 2. The van der Waals surface area contributed by atoms with Crippen molar-refractivity contribution in [3.05, 3.63) is 130 Å². The van der Waals surface area contributed by atoms with E-state index in [1.807, 2.05) is 44.2 Å². The number of aromatic nitrogens is 3. The van der Waals surface area contributed by atoms with Crippen LogP contribution in [-0.4, -0.2) is 39.4 Å². The van der Waals surface area contributed by atoms with Crippen LogP contribution in [0.2, 0.25) is 5.02 Å². The topological polar surface area (TPSA) is 92.1 Å². The number of para-hydroxylation sites is 2. The van der Waals surface area contributed by atoms with Crippen LogP contribution < -0.4 is 10.7 Å².